The standard InChI is InChI=1S/C30H37N5O5S/c1-4-39-29(37)22-11-13-35(14-12-22)28(36)26-10-9-25(40-26)20-41-30-31-21(2)19-27(32-30)34-17-15-33(16-18-34)23-5-7-24(38-3)8-6-23/h5-10,19,22H,4,11-18,20H2,1-3H3. The van der Waals surface area contributed by atoms with Crippen molar-refractivity contribution in [1.29, 1.82) is 0 Å². The van der Waals surface area contributed by atoms with E-state index in [4.69, 9.17) is 18.9 Å². The first kappa shape index (κ1) is 28.8. The second kappa shape index (κ2) is 13.3. The Kier molecular flexibility index (Phi) is 9.33. The van der Waals surface area contributed by atoms with Gasteiger partial charge in [-0.05, 0) is 63.1 Å². The summed E-state index contributed by atoms with van der Waals surface area (Å²) < 4.78 is 16.3. The molecule has 0 radical (unpaired) electrons. The van der Waals surface area contributed by atoms with Gasteiger partial charge in [0.05, 0.1) is 25.4 Å². The fourth-order valence-electron chi connectivity index (χ4n) is 5.18. The first-order valence-corrected chi connectivity index (χ1v) is 15.1. The number of carbonyl (C=O) groups excluding carboxylic acids is 2. The number of piperidine rings is 1. The highest BCUT2D eigenvalue weighted by atomic mass is 32.2. The molecule has 10 nitrogen and oxygen atoms in total. The van der Waals surface area contributed by atoms with Crippen LogP contribution in [0.2, 0.25) is 0 Å². The number of furan rings is 1. The average Bonchev–Trinajstić information content (AvgIpc) is 3.49. The van der Waals surface area contributed by atoms with Gasteiger partial charge in [0.25, 0.3) is 5.91 Å². The van der Waals surface area contributed by atoms with Crippen molar-refractivity contribution < 1.29 is 23.5 Å². The fraction of sp³-hybridized carbons (Fsp3) is 0.467. The molecule has 2 aliphatic rings. The van der Waals surface area contributed by atoms with Crippen molar-refractivity contribution in [3.8, 4) is 5.75 Å². The first-order valence-electron chi connectivity index (χ1n) is 14.1. The predicted molar refractivity (Wildman–Crippen MR) is 158 cm³/mol. The maximum Gasteiger partial charge on any atom is 0.309 e. The lowest BCUT2D eigenvalue weighted by Gasteiger charge is -2.36. The van der Waals surface area contributed by atoms with Crippen LogP contribution in [-0.4, -0.2) is 79.7 Å². The van der Waals surface area contributed by atoms with E-state index in [1.165, 1.54) is 17.4 Å². The topological polar surface area (TPSA) is 101 Å². The Morgan fingerprint density at radius 3 is 2.37 bits per heavy atom. The third-order valence-corrected chi connectivity index (χ3v) is 8.35. The minimum atomic E-state index is -0.172. The number of nitrogens with zero attached hydrogens (tertiary/aromatic N) is 5. The summed E-state index contributed by atoms with van der Waals surface area (Å²) in [6, 6.07) is 13.8. The third-order valence-electron chi connectivity index (χ3n) is 7.48. The Morgan fingerprint density at radius 1 is 0.976 bits per heavy atom. The number of rotatable bonds is 9. The van der Waals surface area contributed by atoms with Gasteiger partial charge in [-0.15, -0.1) is 0 Å². The molecular formula is C30H37N5O5S. The van der Waals surface area contributed by atoms with Gasteiger partial charge in [-0.25, -0.2) is 9.97 Å². The monoisotopic (exact) mass is 579 g/mol. The Labute approximate surface area is 245 Å². The van der Waals surface area contributed by atoms with E-state index in [9.17, 15) is 9.59 Å². The number of aryl methyl sites for hydroxylation is 1. The molecule has 3 aromatic rings. The molecule has 2 aliphatic heterocycles. The zero-order valence-corrected chi connectivity index (χ0v) is 24.7. The Balaban J connectivity index is 1.13. The second-order valence-electron chi connectivity index (χ2n) is 10.2. The van der Waals surface area contributed by atoms with E-state index in [1.807, 2.05) is 31.2 Å². The molecule has 1 amide bonds. The summed E-state index contributed by atoms with van der Waals surface area (Å²) in [5.74, 6) is 2.86. The number of benzene rings is 1. The van der Waals surface area contributed by atoms with E-state index in [0.717, 1.165) is 43.4 Å². The minimum absolute atomic E-state index is 0.140. The molecule has 2 saturated heterocycles. The molecule has 0 N–H and O–H groups in total. The number of thioether (sulfide) groups is 1. The lowest BCUT2D eigenvalue weighted by molar-refractivity contribution is -0.149. The number of piperazine rings is 1. The zero-order chi connectivity index (χ0) is 28.8. The van der Waals surface area contributed by atoms with Crippen LogP contribution in [0, 0.1) is 12.8 Å². The van der Waals surface area contributed by atoms with Gasteiger partial charge in [0, 0.05) is 56.7 Å². The lowest BCUT2D eigenvalue weighted by Crippen LogP contribution is -2.46. The van der Waals surface area contributed by atoms with Crippen molar-refractivity contribution in [2.75, 3.05) is 62.8 Å². The predicted octanol–water partition coefficient (Wildman–Crippen LogP) is 4.42. The van der Waals surface area contributed by atoms with Gasteiger partial charge >= 0.3 is 5.97 Å². The second-order valence-corrected chi connectivity index (χ2v) is 11.1. The number of anilines is 2. The summed E-state index contributed by atoms with van der Waals surface area (Å²) in [6.45, 7) is 8.74. The Hall–Kier alpha value is -3.73. The summed E-state index contributed by atoms with van der Waals surface area (Å²) >= 11 is 1.49. The Morgan fingerprint density at radius 2 is 1.68 bits per heavy atom. The van der Waals surface area contributed by atoms with E-state index in [2.05, 4.69) is 26.9 Å². The molecule has 41 heavy (non-hydrogen) atoms. The fourth-order valence-corrected chi connectivity index (χ4v) is 5.97. The molecule has 0 aliphatic carbocycles. The molecule has 0 atom stereocenters. The molecule has 11 heteroatoms. The number of ether oxygens (including phenoxy) is 2. The number of carbonyl (C=O) groups is 2. The van der Waals surface area contributed by atoms with Crippen molar-refractivity contribution >= 4 is 35.1 Å². The van der Waals surface area contributed by atoms with Crippen LogP contribution in [0.3, 0.4) is 0 Å². The number of methoxy groups -OCH3 is 1. The third kappa shape index (κ3) is 7.13. The number of hydrogen-bond donors (Lipinski definition) is 0. The summed E-state index contributed by atoms with van der Waals surface area (Å²) in [5.41, 5.74) is 2.11. The molecule has 4 heterocycles. The van der Waals surface area contributed by atoms with Crippen molar-refractivity contribution in [3.05, 3.63) is 59.7 Å². The summed E-state index contributed by atoms with van der Waals surface area (Å²) in [5, 5.41) is 0.683. The van der Waals surface area contributed by atoms with Crippen molar-refractivity contribution in [2.45, 2.75) is 37.6 Å². The van der Waals surface area contributed by atoms with Gasteiger partial charge in [-0.2, -0.15) is 0 Å². The molecule has 218 valence electrons. The van der Waals surface area contributed by atoms with Gasteiger partial charge < -0.3 is 28.6 Å². The van der Waals surface area contributed by atoms with Crippen LogP contribution in [0.4, 0.5) is 11.5 Å². The summed E-state index contributed by atoms with van der Waals surface area (Å²) in [4.78, 5) is 40.8. The SMILES string of the molecule is CCOC(=O)C1CCN(C(=O)c2ccc(CSc3nc(C)cc(N4CCN(c5ccc(OC)cc5)CC4)n3)o2)CC1. The van der Waals surface area contributed by atoms with Crippen LogP contribution < -0.4 is 14.5 Å². The zero-order valence-electron chi connectivity index (χ0n) is 23.9. The molecule has 0 bridgehead atoms. The highest BCUT2D eigenvalue weighted by molar-refractivity contribution is 7.98. The average molecular weight is 580 g/mol. The molecule has 2 aromatic heterocycles. The van der Waals surface area contributed by atoms with Crippen molar-refractivity contribution in [2.24, 2.45) is 5.92 Å². The van der Waals surface area contributed by atoms with E-state index in [1.54, 1.807) is 25.0 Å². The van der Waals surface area contributed by atoms with Crippen LogP contribution in [0.5, 0.6) is 5.75 Å². The van der Waals surface area contributed by atoms with Crippen molar-refractivity contribution in [1.82, 2.24) is 14.9 Å². The van der Waals surface area contributed by atoms with Crippen LogP contribution in [0.1, 0.15) is 41.8 Å². The maximum atomic E-state index is 13.0. The van der Waals surface area contributed by atoms with E-state index in [0.29, 0.717) is 55.0 Å². The minimum Gasteiger partial charge on any atom is -0.497 e. The van der Waals surface area contributed by atoms with Gasteiger partial charge in [-0.1, -0.05) is 11.8 Å². The summed E-state index contributed by atoms with van der Waals surface area (Å²) in [6.07, 6.45) is 1.22. The van der Waals surface area contributed by atoms with E-state index >= 15 is 0 Å². The molecule has 0 spiro atoms. The number of likely N-dealkylation sites (tertiary alicyclic amines) is 1. The quantitative estimate of drug-likeness (QED) is 0.206. The van der Waals surface area contributed by atoms with E-state index in [-0.39, 0.29) is 17.8 Å². The number of amides is 1. The van der Waals surface area contributed by atoms with E-state index < -0.39 is 0 Å². The molecule has 5 rings (SSSR count). The molecule has 2 fully saturated rings. The number of hydrogen-bond acceptors (Lipinski definition) is 10. The molecule has 1 aromatic carbocycles. The Bertz CT molecular complexity index is 1330. The lowest BCUT2D eigenvalue weighted by atomic mass is 9.97. The molecule has 0 unspecified atom stereocenters. The largest absolute Gasteiger partial charge is 0.497 e. The van der Waals surface area contributed by atoms with Gasteiger partial charge in [0.1, 0.15) is 17.3 Å². The van der Waals surface area contributed by atoms with Gasteiger partial charge in [-0.3, -0.25) is 9.59 Å². The highest BCUT2D eigenvalue weighted by Gasteiger charge is 2.30. The van der Waals surface area contributed by atoms with Gasteiger partial charge in [0.2, 0.25) is 0 Å². The van der Waals surface area contributed by atoms with Gasteiger partial charge in [0.15, 0.2) is 10.9 Å². The smallest absolute Gasteiger partial charge is 0.309 e. The first-order chi connectivity index (χ1) is 19.9. The normalized spacial score (nSPS) is 16.1. The van der Waals surface area contributed by atoms with Crippen LogP contribution in [-0.2, 0) is 15.3 Å². The van der Waals surface area contributed by atoms with Crippen molar-refractivity contribution in [3.63, 3.8) is 0 Å². The summed E-state index contributed by atoms with van der Waals surface area (Å²) in [7, 11) is 1.68. The van der Waals surface area contributed by atoms with Crippen LogP contribution in [0.15, 0.2) is 52.0 Å². The van der Waals surface area contributed by atoms with Crippen LogP contribution >= 0.6 is 11.8 Å². The number of aromatic nitrogens is 2. The highest BCUT2D eigenvalue weighted by Crippen LogP contribution is 2.27. The molecular weight excluding hydrogens is 542 g/mol. The maximum absolute atomic E-state index is 13.0. The number of esters is 1. The van der Waals surface area contributed by atoms with Crippen LogP contribution in [0.25, 0.3) is 0 Å². The molecule has 0 saturated carbocycles.